The van der Waals surface area contributed by atoms with Crippen LogP contribution in [0.5, 0.6) is 0 Å². The second kappa shape index (κ2) is 6.60. The Kier molecular flexibility index (Phi) is 5.03. The first-order valence-electron chi connectivity index (χ1n) is 6.50. The first kappa shape index (κ1) is 16.0. The van der Waals surface area contributed by atoms with E-state index in [0.717, 1.165) is 22.0 Å². The molecule has 0 bridgehead atoms. The zero-order valence-electron chi connectivity index (χ0n) is 11.6. The molecule has 3 N–H and O–H groups in total. The molecule has 2 rings (SSSR count). The predicted octanol–water partition coefficient (Wildman–Crippen LogP) is 3.06. The second-order valence-corrected chi connectivity index (χ2v) is 7.35. The van der Waals surface area contributed by atoms with E-state index in [4.69, 9.17) is 5.73 Å². The Balaban J connectivity index is 2.27. The van der Waals surface area contributed by atoms with E-state index in [9.17, 15) is 8.42 Å². The normalized spacial score (nSPS) is 11.4. The third-order valence-corrected chi connectivity index (χ3v) is 4.99. The molecule has 0 aliphatic carbocycles. The Morgan fingerprint density at radius 2 is 1.81 bits per heavy atom. The van der Waals surface area contributed by atoms with Crippen LogP contribution in [0, 0.1) is 6.92 Å². The van der Waals surface area contributed by atoms with E-state index in [1.807, 2.05) is 19.1 Å². The van der Waals surface area contributed by atoms with Crippen molar-refractivity contribution in [2.24, 2.45) is 5.73 Å². The van der Waals surface area contributed by atoms with Gasteiger partial charge in [-0.3, -0.25) is 4.72 Å². The second-order valence-electron chi connectivity index (χ2n) is 4.75. The molecule has 112 valence electrons. The van der Waals surface area contributed by atoms with E-state index in [1.54, 1.807) is 30.3 Å². The largest absolute Gasteiger partial charge is 0.330 e. The Hall–Kier alpha value is -1.37. The van der Waals surface area contributed by atoms with Gasteiger partial charge in [0.05, 0.1) is 10.6 Å². The molecule has 4 nitrogen and oxygen atoms in total. The van der Waals surface area contributed by atoms with Crippen LogP contribution in [0.4, 0.5) is 5.69 Å². The van der Waals surface area contributed by atoms with Gasteiger partial charge in [-0.15, -0.1) is 0 Å². The highest BCUT2D eigenvalue weighted by molar-refractivity contribution is 9.10. The molecule has 0 heterocycles. The van der Waals surface area contributed by atoms with Gasteiger partial charge >= 0.3 is 0 Å². The van der Waals surface area contributed by atoms with Crippen molar-refractivity contribution < 1.29 is 8.42 Å². The van der Waals surface area contributed by atoms with Crippen molar-refractivity contribution >= 4 is 31.6 Å². The molecule has 2 aromatic carbocycles. The molecule has 0 spiro atoms. The Morgan fingerprint density at radius 1 is 1.14 bits per heavy atom. The molecule has 21 heavy (non-hydrogen) atoms. The van der Waals surface area contributed by atoms with E-state index < -0.39 is 10.0 Å². The van der Waals surface area contributed by atoms with Crippen molar-refractivity contribution in [3.63, 3.8) is 0 Å². The van der Waals surface area contributed by atoms with Crippen LogP contribution in [0.1, 0.15) is 11.1 Å². The van der Waals surface area contributed by atoms with Crippen LogP contribution in [0.3, 0.4) is 0 Å². The zero-order valence-corrected chi connectivity index (χ0v) is 14.0. The maximum absolute atomic E-state index is 12.4. The highest BCUT2D eigenvalue weighted by Crippen LogP contribution is 2.23. The summed E-state index contributed by atoms with van der Waals surface area (Å²) in [5.41, 5.74) is 7.93. The smallest absolute Gasteiger partial charge is 0.261 e. The van der Waals surface area contributed by atoms with Gasteiger partial charge in [-0.05, 0) is 55.3 Å². The minimum absolute atomic E-state index is 0.239. The number of benzene rings is 2. The number of anilines is 1. The van der Waals surface area contributed by atoms with Gasteiger partial charge < -0.3 is 5.73 Å². The average Bonchev–Trinajstić information content (AvgIpc) is 2.44. The number of nitrogens with two attached hydrogens (primary N) is 1. The van der Waals surface area contributed by atoms with Gasteiger partial charge in [0.15, 0.2) is 0 Å². The Labute approximate surface area is 133 Å². The summed E-state index contributed by atoms with van der Waals surface area (Å²) < 4.78 is 28.2. The summed E-state index contributed by atoms with van der Waals surface area (Å²) in [5.74, 6) is 0. The monoisotopic (exact) mass is 368 g/mol. The van der Waals surface area contributed by atoms with E-state index in [2.05, 4.69) is 20.7 Å². The summed E-state index contributed by atoms with van der Waals surface area (Å²) >= 11 is 3.34. The van der Waals surface area contributed by atoms with Crippen LogP contribution in [-0.2, 0) is 16.4 Å². The average molecular weight is 369 g/mol. The Bertz CT molecular complexity index is 728. The van der Waals surface area contributed by atoms with Gasteiger partial charge in [0, 0.05) is 4.47 Å². The lowest BCUT2D eigenvalue weighted by Gasteiger charge is -2.11. The minimum Gasteiger partial charge on any atom is -0.330 e. The molecule has 0 saturated carbocycles. The lowest BCUT2D eigenvalue weighted by Crippen LogP contribution is -2.14. The molecular formula is C15H17BrN2O2S. The third kappa shape index (κ3) is 4.06. The lowest BCUT2D eigenvalue weighted by atomic mass is 10.2. The predicted molar refractivity (Wildman–Crippen MR) is 88.9 cm³/mol. The van der Waals surface area contributed by atoms with Crippen molar-refractivity contribution in [3.8, 4) is 0 Å². The fraction of sp³-hybridized carbons (Fsp3) is 0.200. The fourth-order valence-electron chi connectivity index (χ4n) is 1.91. The van der Waals surface area contributed by atoms with Gasteiger partial charge in [-0.25, -0.2) is 8.42 Å². The summed E-state index contributed by atoms with van der Waals surface area (Å²) in [7, 11) is -3.59. The van der Waals surface area contributed by atoms with E-state index in [0.29, 0.717) is 12.2 Å². The van der Waals surface area contributed by atoms with Crippen LogP contribution >= 0.6 is 15.9 Å². The number of sulfonamides is 1. The number of halogens is 1. The number of hydrogen-bond donors (Lipinski definition) is 2. The molecule has 6 heteroatoms. The molecule has 0 unspecified atom stereocenters. The van der Waals surface area contributed by atoms with Crippen molar-refractivity contribution in [1.82, 2.24) is 0 Å². The van der Waals surface area contributed by atoms with Crippen molar-refractivity contribution in [2.45, 2.75) is 18.2 Å². The highest BCUT2D eigenvalue weighted by Gasteiger charge is 2.15. The third-order valence-electron chi connectivity index (χ3n) is 3.11. The summed E-state index contributed by atoms with van der Waals surface area (Å²) in [4.78, 5) is 0.239. The van der Waals surface area contributed by atoms with E-state index in [-0.39, 0.29) is 4.90 Å². The molecule has 0 aliphatic rings. The molecule has 0 aliphatic heterocycles. The lowest BCUT2D eigenvalue weighted by molar-refractivity contribution is 0.601. The van der Waals surface area contributed by atoms with Crippen molar-refractivity contribution in [2.75, 3.05) is 11.3 Å². The van der Waals surface area contributed by atoms with Crippen LogP contribution in [-0.4, -0.2) is 15.0 Å². The van der Waals surface area contributed by atoms with Gasteiger partial charge in [0.2, 0.25) is 0 Å². The standard InChI is InChI=1S/C15H17BrN2O2S/c1-11-2-5-13(16)10-15(11)18-21(19,20)14-6-3-12(4-7-14)8-9-17/h2-7,10,18H,8-9,17H2,1H3. The van der Waals surface area contributed by atoms with Crippen LogP contribution in [0.25, 0.3) is 0 Å². The molecule has 0 aromatic heterocycles. The van der Waals surface area contributed by atoms with Gasteiger partial charge in [0.25, 0.3) is 10.0 Å². The summed E-state index contributed by atoms with van der Waals surface area (Å²) in [6.07, 6.45) is 0.735. The van der Waals surface area contributed by atoms with E-state index >= 15 is 0 Å². The molecule has 0 radical (unpaired) electrons. The summed E-state index contributed by atoms with van der Waals surface area (Å²) in [6.45, 7) is 2.40. The summed E-state index contributed by atoms with van der Waals surface area (Å²) in [6, 6.07) is 12.2. The first-order chi connectivity index (χ1) is 9.92. The van der Waals surface area contributed by atoms with Crippen LogP contribution < -0.4 is 10.5 Å². The topological polar surface area (TPSA) is 72.2 Å². The van der Waals surface area contributed by atoms with Crippen molar-refractivity contribution in [3.05, 3.63) is 58.1 Å². The first-order valence-corrected chi connectivity index (χ1v) is 8.78. The van der Waals surface area contributed by atoms with Gasteiger partial charge in [-0.1, -0.05) is 34.1 Å². The fourth-order valence-corrected chi connectivity index (χ4v) is 3.39. The molecule has 0 fully saturated rings. The summed E-state index contributed by atoms with van der Waals surface area (Å²) in [5, 5.41) is 0. The molecule has 0 atom stereocenters. The number of rotatable bonds is 5. The maximum atomic E-state index is 12.4. The molecular weight excluding hydrogens is 352 g/mol. The van der Waals surface area contributed by atoms with Gasteiger partial charge in [0.1, 0.15) is 0 Å². The quantitative estimate of drug-likeness (QED) is 0.851. The number of nitrogens with one attached hydrogen (secondary N) is 1. The van der Waals surface area contributed by atoms with Gasteiger partial charge in [-0.2, -0.15) is 0 Å². The maximum Gasteiger partial charge on any atom is 0.261 e. The molecule has 2 aromatic rings. The van der Waals surface area contributed by atoms with Crippen molar-refractivity contribution in [1.29, 1.82) is 0 Å². The SMILES string of the molecule is Cc1ccc(Br)cc1NS(=O)(=O)c1ccc(CCN)cc1. The number of aryl methyl sites for hydroxylation is 1. The molecule has 0 saturated heterocycles. The molecule has 0 amide bonds. The Morgan fingerprint density at radius 3 is 2.43 bits per heavy atom. The highest BCUT2D eigenvalue weighted by atomic mass is 79.9. The van der Waals surface area contributed by atoms with E-state index in [1.165, 1.54) is 0 Å². The van der Waals surface area contributed by atoms with Crippen LogP contribution in [0.15, 0.2) is 51.8 Å². The number of hydrogen-bond acceptors (Lipinski definition) is 3. The van der Waals surface area contributed by atoms with Crippen LogP contribution in [0.2, 0.25) is 0 Å². The zero-order chi connectivity index (χ0) is 15.5. The minimum atomic E-state index is -3.59.